The van der Waals surface area contributed by atoms with Crippen molar-refractivity contribution in [2.24, 2.45) is 0 Å². The number of nitrogens with one attached hydrogen (secondary N) is 3. The zero-order valence-corrected chi connectivity index (χ0v) is 8.34. The van der Waals surface area contributed by atoms with Gasteiger partial charge in [-0.2, -0.15) is 0 Å². The van der Waals surface area contributed by atoms with Gasteiger partial charge in [-0.1, -0.05) is 0 Å². The Morgan fingerprint density at radius 1 is 1.50 bits per heavy atom. The van der Waals surface area contributed by atoms with Gasteiger partial charge in [0.25, 0.3) is 0 Å². The molecular weight excluding hydrogens is 210 g/mol. The molecule has 3 heterocycles. The molecule has 0 spiro atoms. The van der Waals surface area contributed by atoms with Crippen LogP contribution in [-0.2, 0) is 11.3 Å². The molecule has 3 rings (SSSR count). The fourth-order valence-electron chi connectivity index (χ4n) is 2.26. The predicted molar refractivity (Wildman–Crippen MR) is 53.1 cm³/mol. The van der Waals surface area contributed by atoms with E-state index in [1.165, 1.54) is 6.33 Å². The second kappa shape index (κ2) is 3.48. The van der Waals surface area contributed by atoms with Crippen molar-refractivity contribution in [3.05, 3.63) is 23.8 Å². The number of hydrogen-bond acceptors (Lipinski definition) is 6. The van der Waals surface area contributed by atoms with Crippen LogP contribution in [0.4, 0.5) is 0 Å². The molecule has 1 aromatic heterocycles. The normalized spacial score (nSPS) is 31.9. The molecule has 0 bridgehead atoms. The maximum atomic E-state index is 11.0. The van der Waals surface area contributed by atoms with Crippen molar-refractivity contribution in [1.82, 2.24) is 26.1 Å². The lowest BCUT2D eigenvalue weighted by Crippen LogP contribution is -2.49. The molecule has 4 N–H and O–H groups in total. The smallest absolute Gasteiger partial charge is 0.323 e. The van der Waals surface area contributed by atoms with Gasteiger partial charge in [0, 0.05) is 18.3 Å². The van der Waals surface area contributed by atoms with E-state index < -0.39 is 12.0 Å². The first kappa shape index (κ1) is 9.64. The van der Waals surface area contributed by atoms with E-state index in [1.807, 2.05) is 0 Å². The molecule has 0 radical (unpaired) electrons. The van der Waals surface area contributed by atoms with Gasteiger partial charge in [-0.25, -0.2) is 20.8 Å². The van der Waals surface area contributed by atoms with Gasteiger partial charge in [0.15, 0.2) is 0 Å². The lowest BCUT2D eigenvalue weighted by atomic mass is 9.93. The van der Waals surface area contributed by atoms with Crippen LogP contribution >= 0.6 is 0 Å². The highest BCUT2D eigenvalue weighted by molar-refractivity contribution is 5.75. The number of carbonyl (C=O) groups is 1. The van der Waals surface area contributed by atoms with Crippen molar-refractivity contribution >= 4 is 5.97 Å². The van der Waals surface area contributed by atoms with Crippen molar-refractivity contribution in [3.63, 3.8) is 0 Å². The molecule has 7 heteroatoms. The van der Waals surface area contributed by atoms with Gasteiger partial charge in [0.2, 0.25) is 0 Å². The summed E-state index contributed by atoms with van der Waals surface area (Å²) in [5, 5.41) is 12.2. The molecule has 84 valence electrons. The van der Waals surface area contributed by atoms with Crippen LogP contribution in [0.1, 0.15) is 17.3 Å². The molecule has 2 aliphatic heterocycles. The van der Waals surface area contributed by atoms with Crippen molar-refractivity contribution in [3.8, 4) is 0 Å². The molecule has 1 saturated heterocycles. The number of nitrogens with zero attached hydrogens (tertiary/aromatic N) is 2. The third-order valence-corrected chi connectivity index (χ3v) is 3.05. The van der Waals surface area contributed by atoms with Crippen LogP contribution in [0.3, 0.4) is 0 Å². The van der Waals surface area contributed by atoms with Crippen LogP contribution in [0.25, 0.3) is 0 Å². The van der Waals surface area contributed by atoms with E-state index in [0.29, 0.717) is 6.54 Å². The Labute approximate surface area is 91.3 Å². The molecule has 0 aromatic carbocycles. The standard InChI is InChI=1S/C9H11N5O2/c15-9(16)8-7-6(13-14-8)4-1-10-3-12-5(4)2-11-7/h1,3,6-8,11,13-14H,2H2,(H,15,16). The summed E-state index contributed by atoms with van der Waals surface area (Å²) in [5.74, 6) is -0.868. The Kier molecular flexibility index (Phi) is 2.10. The van der Waals surface area contributed by atoms with E-state index in [1.54, 1.807) is 6.20 Å². The Morgan fingerprint density at radius 2 is 2.38 bits per heavy atom. The molecule has 0 amide bonds. The molecule has 1 aromatic rings. The van der Waals surface area contributed by atoms with E-state index in [4.69, 9.17) is 5.11 Å². The lowest BCUT2D eigenvalue weighted by Gasteiger charge is -2.28. The quantitative estimate of drug-likeness (QED) is 0.460. The minimum absolute atomic E-state index is 0.0916. The first-order chi connectivity index (χ1) is 7.77. The largest absolute Gasteiger partial charge is 0.480 e. The second-order valence-electron chi connectivity index (χ2n) is 3.91. The number of carboxylic acids is 1. The zero-order chi connectivity index (χ0) is 11.1. The molecule has 2 aliphatic rings. The van der Waals surface area contributed by atoms with Crippen LogP contribution < -0.4 is 16.2 Å². The number of hydrogen-bond donors (Lipinski definition) is 4. The van der Waals surface area contributed by atoms with Gasteiger partial charge >= 0.3 is 5.97 Å². The summed E-state index contributed by atoms with van der Waals surface area (Å²) < 4.78 is 0. The first-order valence-electron chi connectivity index (χ1n) is 5.03. The van der Waals surface area contributed by atoms with Gasteiger partial charge in [0.1, 0.15) is 12.4 Å². The molecule has 0 aliphatic carbocycles. The van der Waals surface area contributed by atoms with Gasteiger partial charge in [-0.3, -0.25) is 4.79 Å². The third kappa shape index (κ3) is 1.29. The molecule has 7 nitrogen and oxygen atoms in total. The van der Waals surface area contributed by atoms with Crippen LogP contribution in [0.2, 0.25) is 0 Å². The van der Waals surface area contributed by atoms with E-state index >= 15 is 0 Å². The average Bonchev–Trinajstić information content (AvgIpc) is 2.73. The number of rotatable bonds is 1. The fourth-order valence-corrected chi connectivity index (χ4v) is 2.26. The van der Waals surface area contributed by atoms with Gasteiger partial charge in [-0.05, 0) is 0 Å². The minimum atomic E-state index is -0.868. The highest BCUT2D eigenvalue weighted by Gasteiger charge is 2.43. The number of hydrazine groups is 1. The summed E-state index contributed by atoms with van der Waals surface area (Å²) in [7, 11) is 0. The van der Waals surface area contributed by atoms with Gasteiger partial charge in [0.05, 0.1) is 17.8 Å². The molecule has 3 unspecified atom stereocenters. The van der Waals surface area contributed by atoms with E-state index in [0.717, 1.165) is 11.3 Å². The van der Waals surface area contributed by atoms with Crippen LogP contribution in [-0.4, -0.2) is 33.1 Å². The van der Waals surface area contributed by atoms with E-state index in [9.17, 15) is 4.79 Å². The second-order valence-corrected chi connectivity index (χ2v) is 3.91. The minimum Gasteiger partial charge on any atom is -0.480 e. The molecule has 3 atom stereocenters. The number of fused-ring (bicyclic) bond motifs is 3. The maximum absolute atomic E-state index is 11.0. The van der Waals surface area contributed by atoms with Gasteiger partial charge < -0.3 is 10.4 Å². The summed E-state index contributed by atoms with van der Waals surface area (Å²) in [4.78, 5) is 19.1. The van der Waals surface area contributed by atoms with Crippen molar-refractivity contribution in [1.29, 1.82) is 0 Å². The summed E-state index contributed by atoms with van der Waals surface area (Å²) in [5.41, 5.74) is 7.62. The SMILES string of the molecule is O=C(O)C1NNC2c3cncnc3CNC12. The summed E-state index contributed by atoms with van der Waals surface area (Å²) in [6.07, 6.45) is 3.23. The summed E-state index contributed by atoms with van der Waals surface area (Å²) in [6.45, 7) is 0.576. The molecule has 1 fully saturated rings. The molecular formula is C9H11N5O2. The Hall–Kier alpha value is -1.57. The summed E-state index contributed by atoms with van der Waals surface area (Å²) in [6, 6.07) is -0.889. The predicted octanol–water partition coefficient (Wildman–Crippen LogP) is -1.45. The Bertz CT molecular complexity index is 438. The highest BCUT2D eigenvalue weighted by Crippen LogP contribution is 2.28. The maximum Gasteiger partial charge on any atom is 0.323 e. The average molecular weight is 221 g/mol. The number of aliphatic carboxylic acids is 1. The van der Waals surface area contributed by atoms with E-state index in [-0.39, 0.29) is 12.1 Å². The third-order valence-electron chi connectivity index (χ3n) is 3.05. The highest BCUT2D eigenvalue weighted by atomic mass is 16.4. The monoisotopic (exact) mass is 221 g/mol. The van der Waals surface area contributed by atoms with Crippen molar-refractivity contribution in [2.75, 3.05) is 0 Å². The Morgan fingerprint density at radius 3 is 3.19 bits per heavy atom. The molecule has 16 heavy (non-hydrogen) atoms. The van der Waals surface area contributed by atoms with E-state index in [2.05, 4.69) is 26.1 Å². The number of aromatic nitrogens is 2. The first-order valence-corrected chi connectivity index (χ1v) is 5.03. The van der Waals surface area contributed by atoms with Crippen molar-refractivity contribution < 1.29 is 9.90 Å². The summed E-state index contributed by atoms with van der Waals surface area (Å²) >= 11 is 0. The van der Waals surface area contributed by atoms with Crippen LogP contribution in [0.15, 0.2) is 12.5 Å². The number of carboxylic acid groups (broad SMARTS) is 1. The fraction of sp³-hybridized carbons (Fsp3) is 0.444. The zero-order valence-electron chi connectivity index (χ0n) is 8.34. The van der Waals surface area contributed by atoms with Gasteiger partial charge in [-0.15, -0.1) is 0 Å². The van der Waals surface area contributed by atoms with Crippen LogP contribution in [0, 0.1) is 0 Å². The molecule has 0 saturated carbocycles. The Balaban J connectivity index is 1.96. The van der Waals surface area contributed by atoms with Crippen LogP contribution in [0.5, 0.6) is 0 Å². The lowest BCUT2D eigenvalue weighted by molar-refractivity contribution is -0.139. The van der Waals surface area contributed by atoms with Crippen molar-refractivity contribution in [2.45, 2.75) is 24.7 Å². The topological polar surface area (TPSA) is 99.2 Å².